The molecule has 3 heteroatoms. The van der Waals surface area contributed by atoms with E-state index >= 15 is 0 Å². The van der Waals surface area contributed by atoms with Gasteiger partial charge in [-0.15, -0.1) is 0 Å². The van der Waals surface area contributed by atoms with Crippen molar-refractivity contribution in [3.05, 3.63) is 58.6 Å². The van der Waals surface area contributed by atoms with Gasteiger partial charge >= 0.3 is 0 Å². The fourth-order valence-electron chi connectivity index (χ4n) is 1.61. The lowest BCUT2D eigenvalue weighted by molar-refractivity contribution is 0.469. The zero-order valence-corrected chi connectivity index (χ0v) is 10.3. The molecule has 0 aliphatic heterocycles. The Labute approximate surface area is 106 Å². The van der Waals surface area contributed by atoms with Crippen molar-refractivity contribution in [1.82, 2.24) is 0 Å². The van der Waals surface area contributed by atoms with Crippen molar-refractivity contribution >= 4 is 17.3 Å². The van der Waals surface area contributed by atoms with E-state index in [1.807, 2.05) is 43.3 Å². The van der Waals surface area contributed by atoms with Crippen LogP contribution in [0.25, 0.3) is 0 Å². The summed E-state index contributed by atoms with van der Waals surface area (Å²) < 4.78 is 0. The summed E-state index contributed by atoms with van der Waals surface area (Å²) in [6.07, 6.45) is 0. The summed E-state index contributed by atoms with van der Waals surface area (Å²) in [5, 5.41) is 13.6. The van der Waals surface area contributed by atoms with Gasteiger partial charge in [0.05, 0.1) is 0 Å². The second-order valence-electron chi connectivity index (χ2n) is 3.95. The van der Waals surface area contributed by atoms with Gasteiger partial charge < -0.3 is 10.4 Å². The van der Waals surface area contributed by atoms with Gasteiger partial charge in [-0.1, -0.05) is 29.8 Å². The van der Waals surface area contributed by atoms with Gasteiger partial charge in [0.1, 0.15) is 5.75 Å². The third-order valence-electron chi connectivity index (χ3n) is 2.63. The lowest BCUT2D eigenvalue weighted by Crippen LogP contribution is -1.99. The number of anilines is 1. The van der Waals surface area contributed by atoms with Gasteiger partial charge in [0.2, 0.25) is 0 Å². The molecule has 0 spiro atoms. The van der Waals surface area contributed by atoms with Crippen LogP contribution in [0.5, 0.6) is 5.75 Å². The quantitative estimate of drug-likeness (QED) is 0.860. The maximum Gasteiger partial charge on any atom is 0.120 e. The van der Waals surface area contributed by atoms with Crippen LogP contribution in [0.1, 0.15) is 11.1 Å². The summed E-state index contributed by atoms with van der Waals surface area (Å²) in [5.74, 6) is 0.311. The minimum atomic E-state index is 0.311. The van der Waals surface area contributed by atoms with Crippen LogP contribution in [0.3, 0.4) is 0 Å². The number of aromatic hydroxyl groups is 1. The molecule has 0 bridgehead atoms. The Kier molecular flexibility index (Phi) is 3.55. The first-order valence-electron chi connectivity index (χ1n) is 5.44. The normalized spacial score (nSPS) is 10.2. The van der Waals surface area contributed by atoms with Gasteiger partial charge in [-0.2, -0.15) is 0 Å². The summed E-state index contributed by atoms with van der Waals surface area (Å²) in [7, 11) is 0. The highest BCUT2D eigenvalue weighted by Gasteiger charge is 2.00. The van der Waals surface area contributed by atoms with Gasteiger partial charge in [-0.25, -0.2) is 0 Å². The molecule has 2 nitrogen and oxygen atoms in total. The van der Waals surface area contributed by atoms with Crippen molar-refractivity contribution in [3.8, 4) is 5.75 Å². The Balaban J connectivity index is 2.08. The zero-order valence-electron chi connectivity index (χ0n) is 9.57. The SMILES string of the molecule is Cc1cc(NCc2ccccc2O)ccc1Cl. The molecular weight excluding hydrogens is 234 g/mol. The molecular formula is C14H14ClNO. The summed E-state index contributed by atoms with van der Waals surface area (Å²) in [6, 6.07) is 13.1. The predicted octanol–water partition coefficient (Wildman–Crippen LogP) is 3.97. The van der Waals surface area contributed by atoms with E-state index in [4.69, 9.17) is 11.6 Å². The van der Waals surface area contributed by atoms with E-state index in [0.29, 0.717) is 12.3 Å². The summed E-state index contributed by atoms with van der Waals surface area (Å²) in [4.78, 5) is 0. The zero-order chi connectivity index (χ0) is 12.3. The molecule has 0 saturated heterocycles. The topological polar surface area (TPSA) is 32.3 Å². The fraction of sp³-hybridized carbons (Fsp3) is 0.143. The van der Waals surface area contributed by atoms with Crippen LogP contribution in [-0.4, -0.2) is 5.11 Å². The second-order valence-corrected chi connectivity index (χ2v) is 4.35. The molecule has 0 amide bonds. The number of halogens is 1. The average Bonchev–Trinajstić information content (AvgIpc) is 2.32. The first-order chi connectivity index (χ1) is 8.16. The molecule has 2 N–H and O–H groups in total. The number of para-hydroxylation sites is 1. The highest BCUT2D eigenvalue weighted by molar-refractivity contribution is 6.31. The van der Waals surface area contributed by atoms with E-state index in [-0.39, 0.29) is 0 Å². The van der Waals surface area contributed by atoms with Crippen molar-refractivity contribution in [1.29, 1.82) is 0 Å². The first kappa shape index (κ1) is 11.8. The molecule has 0 aromatic heterocycles. The van der Waals surface area contributed by atoms with Crippen LogP contribution in [0.4, 0.5) is 5.69 Å². The Morgan fingerprint density at radius 2 is 1.94 bits per heavy atom. The Bertz CT molecular complexity index is 525. The van der Waals surface area contributed by atoms with Crippen LogP contribution in [0, 0.1) is 6.92 Å². The van der Waals surface area contributed by atoms with Gasteiger partial charge in [0.15, 0.2) is 0 Å². The van der Waals surface area contributed by atoms with Gasteiger partial charge in [0.25, 0.3) is 0 Å². The number of nitrogens with one attached hydrogen (secondary N) is 1. The molecule has 2 aromatic rings. The van der Waals surface area contributed by atoms with Crippen molar-refractivity contribution < 1.29 is 5.11 Å². The van der Waals surface area contributed by atoms with Crippen LogP contribution < -0.4 is 5.32 Å². The molecule has 0 heterocycles. The van der Waals surface area contributed by atoms with Crippen molar-refractivity contribution in [2.24, 2.45) is 0 Å². The van der Waals surface area contributed by atoms with E-state index in [0.717, 1.165) is 21.8 Å². The lowest BCUT2D eigenvalue weighted by Gasteiger charge is -2.09. The van der Waals surface area contributed by atoms with E-state index in [1.54, 1.807) is 6.07 Å². The van der Waals surface area contributed by atoms with E-state index in [1.165, 1.54) is 0 Å². The number of rotatable bonds is 3. The monoisotopic (exact) mass is 247 g/mol. The number of benzene rings is 2. The molecule has 88 valence electrons. The number of phenolic OH excluding ortho intramolecular Hbond substituents is 1. The largest absolute Gasteiger partial charge is 0.508 e. The number of hydrogen-bond acceptors (Lipinski definition) is 2. The minimum absolute atomic E-state index is 0.311. The molecule has 0 atom stereocenters. The highest BCUT2D eigenvalue weighted by Crippen LogP contribution is 2.21. The molecule has 2 rings (SSSR count). The number of aryl methyl sites for hydroxylation is 1. The predicted molar refractivity (Wildman–Crippen MR) is 71.6 cm³/mol. The molecule has 17 heavy (non-hydrogen) atoms. The molecule has 2 aromatic carbocycles. The molecule has 0 unspecified atom stereocenters. The third-order valence-corrected chi connectivity index (χ3v) is 3.06. The number of hydrogen-bond donors (Lipinski definition) is 2. The summed E-state index contributed by atoms with van der Waals surface area (Å²) in [5.41, 5.74) is 2.91. The fourth-order valence-corrected chi connectivity index (χ4v) is 1.73. The Morgan fingerprint density at radius 3 is 2.65 bits per heavy atom. The van der Waals surface area contributed by atoms with E-state index < -0.39 is 0 Å². The summed E-state index contributed by atoms with van der Waals surface area (Å²) in [6.45, 7) is 2.56. The van der Waals surface area contributed by atoms with Crippen LogP contribution >= 0.6 is 11.6 Å². The lowest BCUT2D eigenvalue weighted by atomic mass is 10.2. The Hall–Kier alpha value is -1.67. The number of phenols is 1. The second kappa shape index (κ2) is 5.11. The third kappa shape index (κ3) is 2.92. The maximum atomic E-state index is 9.63. The van der Waals surface area contributed by atoms with Crippen molar-refractivity contribution in [2.45, 2.75) is 13.5 Å². The van der Waals surface area contributed by atoms with Crippen LogP contribution in [0.15, 0.2) is 42.5 Å². The first-order valence-corrected chi connectivity index (χ1v) is 5.81. The van der Waals surface area contributed by atoms with E-state index in [2.05, 4.69) is 5.32 Å². The minimum Gasteiger partial charge on any atom is -0.508 e. The molecule has 0 fully saturated rings. The van der Waals surface area contributed by atoms with Gasteiger partial charge in [-0.3, -0.25) is 0 Å². The smallest absolute Gasteiger partial charge is 0.120 e. The van der Waals surface area contributed by atoms with Crippen LogP contribution in [0.2, 0.25) is 5.02 Å². The van der Waals surface area contributed by atoms with Gasteiger partial charge in [0, 0.05) is 22.8 Å². The molecule has 0 radical (unpaired) electrons. The molecule has 0 aliphatic rings. The molecule has 0 aliphatic carbocycles. The maximum absolute atomic E-state index is 9.63. The van der Waals surface area contributed by atoms with Crippen molar-refractivity contribution in [3.63, 3.8) is 0 Å². The highest BCUT2D eigenvalue weighted by atomic mass is 35.5. The molecule has 0 saturated carbocycles. The Morgan fingerprint density at radius 1 is 1.18 bits per heavy atom. The average molecular weight is 248 g/mol. The van der Waals surface area contributed by atoms with Gasteiger partial charge in [-0.05, 0) is 36.8 Å². The van der Waals surface area contributed by atoms with Crippen molar-refractivity contribution in [2.75, 3.05) is 5.32 Å². The summed E-state index contributed by atoms with van der Waals surface area (Å²) >= 11 is 5.96. The van der Waals surface area contributed by atoms with E-state index in [9.17, 15) is 5.11 Å². The standard InChI is InChI=1S/C14H14ClNO/c1-10-8-12(6-7-13(10)15)16-9-11-4-2-3-5-14(11)17/h2-8,16-17H,9H2,1H3. The van der Waals surface area contributed by atoms with Crippen LogP contribution in [-0.2, 0) is 6.54 Å².